The van der Waals surface area contributed by atoms with Crippen molar-refractivity contribution in [2.24, 2.45) is 11.3 Å². The van der Waals surface area contributed by atoms with Gasteiger partial charge in [0.05, 0.1) is 13.0 Å². The van der Waals surface area contributed by atoms with Crippen molar-refractivity contribution < 1.29 is 19.4 Å². The van der Waals surface area contributed by atoms with Crippen molar-refractivity contribution >= 4 is 11.9 Å². The molecule has 0 aromatic heterocycles. The summed E-state index contributed by atoms with van der Waals surface area (Å²) < 4.78 is 4.80. The number of hydrogen-bond acceptors (Lipinski definition) is 5. The molecule has 0 saturated carbocycles. The van der Waals surface area contributed by atoms with E-state index in [1.165, 1.54) is 7.11 Å². The molecule has 6 nitrogen and oxygen atoms in total. The molecule has 2 aliphatic rings. The van der Waals surface area contributed by atoms with Crippen LogP contribution in [0.1, 0.15) is 46.5 Å². The Hall–Kier alpha value is -1.14. The highest BCUT2D eigenvalue weighted by Crippen LogP contribution is 2.28. The molecule has 6 heteroatoms. The van der Waals surface area contributed by atoms with Gasteiger partial charge in [0.25, 0.3) is 5.91 Å². The summed E-state index contributed by atoms with van der Waals surface area (Å²) in [6, 6.07) is 0. The molecule has 0 spiro atoms. The fraction of sp³-hybridized carbons (Fsp3) is 0.889. The molecular formula is C18H32N2O4. The summed E-state index contributed by atoms with van der Waals surface area (Å²) >= 11 is 0. The lowest BCUT2D eigenvalue weighted by molar-refractivity contribution is -0.162. The number of hydrogen-bond donors (Lipinski definition) is 1. The van der Waals surface area contributed by atoms with Gasteiger partial charge in [-0.1, -0.05) is 20.8 Å². The highest BCUT2D eigenvalue weighted by atomic mass is 16.5. The van der Waals surface area contributed by atoms with Crippen LogP contribution in [0.3, 0.4) is 0 Å². The first-order valence-electron chi connectivity index (χ1n) is 8.96. The van der Waals surface area contributed by atoms with Gasteiger partial charge in [-0.05, 0) is 44.2 Å². The Balaban J connectivity index is 1.93. The quantitative estimate of drug-likeness (QED) is 0.781. The lowest BCUT2D eigenvalue weighted by Gasteiger charge is -2.43. The fourth-order valence-electron chi connectivity index (χ4n) is 3.80. The molecule has 1 atom stereocenters. The van der Waals surface area contributed by atoms with Gasteiger partial charge in [0.2, 0.25) is 0 Å². The minimum atomic E-state index is -1.29. The van der Waals surface area contributed by atoms with Crippen LogP contribution in [0.25, 0.3) is 0 Å². The molecule has 2 saturated heterocycles. The number of β-amino-alcohol motifs (C(OH)–C–C–N with tert-alkyl or cyclic N) is 1. The van der Waals surface area contributed by atoms with Crippen LogP contribution < -0.4 is 0 Å². The first kappa shape index (κ1) is 19.2. The molecule has 0 radical (unpaired) electrons. The lowest BCUT2D eigenvalue weighted by atomic mass is 9.87. The number of piperidine rings is 2. The smallest absolute Gasteiger partial charge is 0.308 e. The van der Waals surface area contributed by atoms with Crippen LogP contribution in [-0.4, -0.2) is 72.2 Å². The van der Waals surface area contributed by atoms with Crippen LogP contribution in [0.2, 0.25) is 0 Å². The van der Waals surface area contributed by atoms with E-state index in [-0.39, 0.29) is 23.2 Å². The van der Waals surface area contributed by atoms with E-state index in [1.807, 2.05) is 4.90 Å². The van der Waals surface area contributed by atoms with Crippen molar-refractivity contribution in [3.8, 4) is 0 Å². The van der Waals surface area contributed by atoms with E-state index >= 15 is 0 Å². The molecule has 0 unspecified atom stereocenters. The maximum absolute atomic E-state index is 12.8. The molecule has 2 fully saturated rings. The van der Waals surface area contributed by atoms with Crippen molar-refractivity contribution in [1.29, 1.82) is 0 Å². The molecule has 1 amide bonds. The summed E-state index contributed by atoms with van der Waals surface area (Å²) in [5.41, 5.74) is -1.27. The van der Waals surface area contributed by atoms with E-state index in [0.29, 0.717) is 32.6 Å². The first-order chi connectivity index (χ1) is 11.1. The van der Waals surface area contributed by atoms with Crippen molar-refractivity contribution in [1.82, 2.24) is 9.80 Å². The number of nitrogens with zero attached hydrogens (tertiary/aromatic N) is 2. The summed E-state index contributed by atoms with van der Waals surface area (Å²) in [5.74, 6) is -0.349. The predicted octanol–water partition coefficient (Wildman–Crippen LogP) is 1.27. The van der Waals surface area contributed by atoms with Gasteiger partial charge in [-0.2, -0.15) is 0 Å². The van der Waals surface area contributed by atoms with Crippen LogP contribution in [0.5, 0.6) is 0 Å². The molecule has 24 heavy (non-hydrogen) atoms. The zero-order valence-corrected chi connectivity index (χ0v) is 15.5. The average Bonchev–Trinajstić information content (AvgIpc) is 2.51. The van der Waals surface area contributed by atoms with E-state index in [9.17, 15) is 14.7 Å². The van der Waals surface area contributed by atoms with Crippen LogP contribution in [0, 0.1) is 11.3 Å². The van der Waals surface area contributed by atoms with Crippen molar-refractivity contribution in [2.75, 3.05) is 39.8 Å². The highest BCUT2D eigenvalue weighted by molar-refractivity contribution is 5.86. The number of amides is 1. The van der Waals surface area contributed by atoms with Gasteiger partial charge < -0.3 is 14.7 Å². The summed E-state index contributed by atoms with van der Waals surface area (Å²) in [6.07, 6.45) is 2.80. The molecule has 2 aliphatic heterocycles. The maximum Gasteiger partial charge on any atom is 0.308 e. The van der Waals surface area contributed by atoms with Crippen LogP contribution >= 0.6 is 0 Å². The predicted molar refractivity (Wildman–Crippen MR) is 91.4 cm³/mol. The van der Waals surface area contributed by atoms with E-state index in [2.05, 4.69) is 25.7 Å². The van der Waals surface area contributed by atoms with Crippen molar-refractivity contribution in [3.05, 3.63) is 0 Å². The van der Waals surface area contributed by atoms with Gasteiger partial charge >= 0.3 is 5.97 Å². The molecule has 1 N–H and O–H groups in total. The largest absolute Gasteiger partial charge is 0.469 e. The minimum absolute atomic E-state index is 0.0206. The Labute approximate surface area is 145 Å². The van der Waals surface area contributed by atoms with Gasteiger partial charge in [-0.25, -0.2) is 0 Å². The van der Waals surface area contributed by atoms with Gasteiger partial charge in [-0.3, -0.25) is 14.5 Å². The van der Waals surface area contributed by atoms with E-state index in [4.69, 9.17) is 4.74 Å². The van der Waals surface area contributed by atoms with E-state index in [1.54, 1.807) is 0 Å². The fourth-order valence-corrected chi connectivity index (χ4v) is 3.80. The second kappa shape index (κ2) is 7.40. The minimum Gasteiger partial charge on any atom is -0.469 e. The van der Waals surface area contributed by atoms with Crippen molar-refractivity contribution in [2.45, 2.75) is 52.1 Å². The Kier molecular flexibility index (Phi) is 5.91. The molecule has 0 aromatic carbocycles. The monoisotopic (exact) mass is 340 g/mol. The molecule has 2 rings (SSSR count). The zero-order valence-electron chi connectivity index (χ0n) is 15.5. The number of likely N-dealkylation sites (tertiary alicyclic amines) is 2. The lowest BCUT2D eigenvalue weighted by Crippen LogP contribution is -2.60. The van der Waals surface area contributed by atoms with Gasteiger partial charge in [-0.15, -0.1) is 0 Å². The van der Waals surface area contributed by atoms with Crippen molar-refractivity contribution in [3.63, 3.8) is 0 Å². The molecular weight excluding hydrogens is 308 g/mol. The second-order valence-electron chi connectivity index (χ2n) is 8.50. The number of ether oxygens (including phenoxy) is 1. The molecule has 138 valence electrons. The van der Waals surface area contributed by atoms with Crippen LogP contribution in [0.4, 0.5) is 0 Å². The summed E-state index contributed by atoms with van der Waals surface area (Å²) in [6.45, 7) is 9.49. The van der Waals surface area contributed by atoms with Gasteiger partial charge in [0, 0.05) is 19.6 Å². The summed E-state index contributed by atoms with van der Waals surface area (Å²) in [5, 5.41) is 11.0. The number of carbonyl (C=O) groups excluding carboxylic acids is 2. The highest BCUT2D eigenvalue weighted by Gasteiger charge is 2.44. The molecule has 0 aliphatic carbocycles. The number of esters is 1. The number of aliphatic hydroxyl groups is 1. The average molecular weight is 340 g/mol. The standard InChI is InChI=1S/C18H32N2O4/c1-17(2,3)12-20-9-5-8-18(23,16(20)22)13-19-10-6-14(7-11-19)15(21)24-4/h14,23H,5-13H2,1-4H3/t18-/m1/s1. The van der Waals surface area contributed by atoms with Gasteiger partial charge in [0.1, 0.15) is 0 Å². The molecule has 0 aromatic rings. The zero-order chi connectivity index (χ0) is 18.0. The SMILES string of the molecule is COC(=O)C1CCN(C[C@]2(O)CCCN(CC(C)(C)C)C2=O)CC1. The van der Waals surface area contributed by atoms with Crippen LogP contribution in [-0.2, 0) is 14.3 Å². The molecule has 2 heterocycles. The second-order valence-corrected chi connectivity index (χ2v) is 8.50. The van der Waals surface area contributed by atoms with E-state index < -0.39 is 5.60 Å². The summed E-state index contributed by atoms with van der Waals surface area (Å²) in [4.78, 5) is 28.3. The third kappa shape index (κ3) is 4.70. The Morgan fingerprint density at radius 2 is 1.92 bits per heavy atom. The molecule has 0 bridgehead atoms. The topological polar surface area (TPSA) is 70.1 Å². The van der Waals surface area contributed by atoms with Gasteiger partial charge in [0.15, 0.2) is 5.60 Å². The Morgan fingerprint density at radius 1 is 1.29 bits per heavy atom. The normalized spacial score (nSPS) is 27.4. The first-order valence-corrected chi connectivity index (χ1v) is 8.96. The van der Waals surface area contributed by atoms with E-state index in [0.717, 1.165) is 25.8 Å². The number of methoxy groups -OCH3 is 1. The maximum atomic E-state index is 12.8. The summed E-state index contributed by atoms with van der Waals surface area (Å²) in [7, 11) is 1.42. The third-order valence-corrected chi connectivity index (χ3v) is 4.98. The third-order valence-electron chi connectivity index (χ3n) is 4.98. The van der Waals surface area contributed by atoms with Crippen LogP contribution in [0.15, 0.2) is 0 Å². The number of rotatable bonds is 4. The number of carbonyl (C=O) groups is 2. The Bertz CT molecular complexity index is 466. The Morgan fingerprint density at radius 3 is 2.46 bits per heavy atom.